The fourth-order valence-electron chi connectivity index (χ4n) is 1.61. The third-order valence-electron chi connectivity index (χ3n) is 2.62. The SMILES string of the molecule is Nc1ccc([N+](=O)[O-])cc1S(=O)(=O)Nc1ccccc1F. The number of nitrogens with two attached hydrogens (primary N) is 1. The van der Waals surface area contributed by atoms with E-state index in [4.69, 9.17) is 5.73 Å². The second kappa shape index (κ2) is 5.37. The molecule has 0 unspecified atom stereocenters. The number of hydrogen-bond donors (Lipinski definition) is 2. The van der Waals surface area contributed by atoms with Crippen molar-refractivity contribution >= 4 is 27.1 Å². The van der Waals surface area contributed by atoms with Gasteiger partial charge < -0.3 is 5.73 Å². The maximum absolute atomic E-state index is 13.5. The summed E-state index contributed by atoms with van der Waals surface area (Å²) >= 11 is 0. The summed E-state index contributed by atoms with van der Waals surface area (Å²) in [6.07, 6.45) is 0. The fourth-order valence-corrected chi connectivity index (χ4v) is 2.83. The molecule has 3 N–H and O–H groups in total. The summed E-state index contributed by atoms with van der Waals surface area (Å²) < 4.78 is 39.8. The number of halogens is 1. The first-order valence-corrected chi connectivity index (χ1v) is 7.11. The van der Waals surface area contributed by atoms with Crippen LogP contribution in [0.1, 0.15) is 0 Å². The smallest absolute Gasteiger partial charge is 0.270 e. The first-order valence-electron chi connectivity index (χ1n) is 5.62. The maximum atomic E-state index is 13.5. The van der Waals surface area contributed by atoms with Gasteiger partial charge in [0.05, 0.1) is 16.3 Å². The summed E-state index contributed by atoms with van der Waals surface area (Å²) in [5.74, 6) is -0.773. The third-order valence-corrected chi connectivity index (χ3v) is 4.04. The highest BCUT2D eigenvalue weighted by molar-refractivity contribution is 7.92. The molecule has 0 aliphatic carbocycles. The number of benzene rings is 2. The second-order valence-electron chi connectivity index (χ2n) is 4.06. The highest BCUT2D eigenvalue weighted by Gasteiger charge is 2.22. The van der Waals surface area contributed by atoms with Crippen molar-refractivity contribution in [2.24, 2.45) is 0 Å². The van der Waals surface area contributed by atoms with E-state index in [2.05, 4.69) is 0 Å². The Hall–Kier alpha value is -2.68. The largest absolute Gasteiger partial charge is 0.398 e. The second-order valence-corrected chi connectivity index (χ2v) is 5.72. The fraction of sp³-hybridized carbons (Fsp3) is 0. The van der Waals surface area contributed by atoms with Crippen LogP contribution in [0, 0.1) is 15.9 Å². The zero-order chi connectivity index (χ0) is 15.6. The van der Waals surface area contributed by atoms with Gasteiger partial charge in [0.2, 0.25) is 0 Å². The van der Waals surface area contributed by atoms with E-state index in [-0.39, 0.29) is 11.4 Å². The molecular weight excluding hydrogens is 301 g/mol. The van der Waals surface area contributed by atoms with Crippen molar-refractivity contribution in [2.75, 3.05) is 10.5 Å². The lowest BCUT2D eigenvalue weighted by atomic mass is 10.3. The van der Waals surface area contributed by atoms with Gasteiger partial charge in [-0.2, -0.15) is 0 Å². The van der Waals surface area contributed by atoms with E-state index in [1.807, 2.05) is 4.72 Å². The number of para-hydroxylation sites is 1. The number of hydrogen-bond acceptors (Lipinski definition) is 5. The van der Waals surface area contributed by atoms with Crippen molar-refractivity contribution < 1.29 is 17.7 Å². The average molecular weight is 311 g/mol. The van der Waals surface area contributed by atoms with E-state index < -0.39 is 31.3 Å². The first kappa shape index (κ1) is 14.7. The number of sulfonamides is 1. The molecule has 0 fully saturated rings. The molecule has 0 saturated heterocycles. The number of nitro benzene ring substituents is 1. The normalized spacial score (nSPS) is 11.1. The maximum Gasteiger partial charge on any atom is 0.270 e. The van der Waals surface area contributed by atoms with Gasteiger partial charge in [0.25, 0.3) is 15.7 Å². The number of nitro groups is 1. The van der Waals surface area contributed by atoms with Crippen LogP contribution in [0.2, 0.25) is 0 Å². The van der Waals surface area contributed by atoms with Gasteiger partial charge in [-0.25, -0.2) is 12.8 Å². The van der Waals surface area contributed by atoms with E-state index in [1.165, 1.54) is 18.2 Å². The Morgan fingerprint density at radius 3 is 2.48 bits per heavy atom. The molecule has 0 spiro atoms. The first-order chi connectivity index (χ1) is 9.81. The molecule has 2 aromatic rings. The molecule has 2 aromatic carbocycles. The Bertz CT molecular complexity index is 808. The molecule has 21 heavy (non-hydrogen) atoms. The molecule has 9 heteroatoms. The third kappa shape index (κ3) is 3.08. The quantitative estimate of drug-likeness (QED) is 0.510. The summed E-state index contributed by atoms with van der Waals surface area (Å²) in [5, 5.41) is 10.7. The lowest BCUT2D eigenvalue weighted by Gasteiger charge is -2.10. The summed E-state index contributed by atoms with van der Waals surface area (Å²) in [5.41, 5.74) is 4.65. The van der Waals surface area contributed by atoms with Crippen molar-refractivity contribution in [3.05, 3.63) is 58.4 Å². The number of non-ortho nitro benzene ring substituents is 1. The van der Waals surface area contributed by atoms with Crippen LogP contribution in [0.5, 0.6) is 0 Å². The van der Waals surface area contributed by atoms with Crippen molar-refractivity contribution in [3.8, 4) is 0 Å². The molecule has 0 atom stereocenters. The zero-order valence-electron chi connectivity index (χ0n) is 10.5. The molecule has 0 bridgehead atoms. The zero-order valence-corrected chi connectivity index (χ0v) is 11.3. The molecule has 2 rings (SSSR count). The molecule has 0 aliphatic rings. The van der Waals surface area contributed by atoms with E-state index in [9.17, 15) is 22.9 Å². The standard InChI is InChI=1S/C12H10FN3O4S/c13-9-3-1-2-4-11(9)15-21(19,20)12-7-8(16(17)18)5-6-10(12)14/h1-7,15H,14H2. The number of anilines is 2. The van der Waals surface area contributed by atoms with Gasteiger partial charge in [-0.1, -0.05) is 12.1 Å². The minimum Gasteiger partial charge on any atom is -0.398 e. The van der Waals surface area contributed by atoms with Gasteiger partial charge in [0, 0.05) is 12.1 Å². The highest BCUT2D eigenvalue weighted by Crippen LogP contribution is 2.26. The number of nitrogens with zero attached hydrogens (tertiary/aromatic N) is 1. The van der Waals surface area contributed by atoms with Gasteiger partial charge in [-0.05, 0) is 18.2 Å². The Morgan fingerprint density at radius 1 is 1.19 bits per heavy atom. The molecular formula is C12H10FN3O4S. The van der Waals surface area contributed by atoms with E-state index in [0.717, 1.165) is 24.3 Å². The topological polar surface area (TPSA) is 115 Å². The van der Waals surface area contributed by atoms with Crippen molar-refractivity contribution in [1.29, 1.82) is 0 Å². The average Bonchev–Trinajstić information content (AvgIpc) is 2.41. The molecule has 0 saturated carbocycles. The van der Waals surface area contributed by atoms with Crippen molar-refractivity contribution in [1.82, 2.24) is 0 Å². The molecule has 0 amide bonds. The lowest BCUT2D eigenvalue weighted by molar-refractivity contribution is -0.385. The molecule has 0 heterocycles. The molecule has 0 aromatic heterocycles. The summed E-state index contributed by atoms with van der Waals surface area (Å²) in [7, 11) is -4.24. The van der Waals surface area contributed by atoms with Gasteiger partial charge in [-0.3, -0.25) is 14.8 Å². The summed E-state index contributed by atoms with van der Waals surface area (Å²) in [6.45, 7) is 0. The summed E-state index contributed by atoms with van der Waals surface area (Å²) in [4.78, 5) is 9.46. The predicted molar refractivity (Wildman–Crippen MR) is 74.7 cm³/mol. The van der Waals surface area contributed by atoms with Crippen molar-refractivity contribution in [3.63, 3.8) is 0 Å². The molecule has 110 valence electrons. The molecule has 0 radical (unpaired) electrons. The van der Waals surface area contributed by atoms with E-state index in [1.54, 1.807) is 0 Å². The van der Waals surface area contributed by atoms with Crippen LogP contribution in [0.4, 0.5) is 21.5 Å². The minimum absolute atomic E-state index is 0.176. The van der Waals surface area contributed by atoms with Gasteiger partial charge >= 0.3 is 0 Å². The van der Waals surface area contributed by atoms with Crippen molar-refractivity contribution in [2.45, 2.75) is 4.90 Å². The Morgan fingerprint density at radius 2 is 1.86 bits per heavy atom. The van der Waals surface area contributed by atoms with Crippen LogP contribution in [0.3, 0.4) is 0 Å². The van der Waals surface area contributed by atoms with Crippen LogP contribution in [-0.2, 0) is 10.0 Å². The lowest BCUT2D eigenvalue weighted by Crippen LogP contribution is -2.16. The van der Waals surface area contributed by atoms with E-state index in [0.29, 0.717) is 0 Å². The van der Waals surface area contributed by atoms with Gasteiger partial charge in [0.15, 0.2) is 0 Å². The number of nitrogens with one attached hydrogen (secondary N) is 1. The Labute approximate surface area is 119 Å². The predicted octanol–water partition coefficient (Wildman–Crippen LogP) is 2.12. The number of nitrogen functional groups attached to an aromatic ring is 1. The van der Waals surface area contributed by atoms with Crippen LogP contribution in [0.15, 0.2) is 47.4 Å². The Balaban J connectivity index is 2.47. The van der Waals surface area contributed by atoms with E-state index >= 15 is 0 Å². The van der Waals surface area contributed by atoms with Crippen LogP contribution >= 0.6 is 0 Å². The van der Waals surface area contributed by atoms with Crippen LogP contribution in [-0.4, -0.2) is 13.3 Å². The highest BCUT2D eigenvalue weighted by atomic mass is 32.2. The minimum atomic E-state index is -4.24. The monoisotopic (exact) mass is 311 g/mol. The Kier molecular flexibility index (Phi) is 3.76. The van der Waals surface area contributed by atoms with Gasteiger partial charge in [-0.15, -0.1) is 0 Å². The number of rotatable bonds is 4. The van der Waals surface area contributed by atoms with Gasteiger partial charge in [0.1, 0.15) is 10.7 Å². The summed E-state index contributed by atoms with van der Waals surface area (Å²) in [6, 6.07) is 8.14. The van der Waals surface area contributed by atoms with Crippen LogP contribution in [0.25, 0.3) is 0 Å². The molecule has 0 aliphatic heterocycles. The van der Waals surface area contributed by atoms with Crippen LogP contribution < -0.4 is 10.5 Å². The molecule has 7 nitrogen and oxygen atoms in total.